The van der Waals surface area contributed by atoms with Crippen molar-refractivity contribution in [2.75, 3.05) is 7.05 Å². The molecule has 0 amide bonds. The lowest BCUT2D eigenvalue weighted by atomic mass is 10.2. The molecule has 0 unspecified atom stereocenters. The maximum Gasteiger partial charge on any atom is 0.226 e. The molecule has 2 aromatic carbocycles. The Morgan fingerprint density at radius 2 is 1.89 bits per heavy atom. The highest BCUT2D eigenvalue weighted by Crippen LogP contribution is 2.23. The Kier molecular flexibility index (Phi) is 5.04. The van der Waals surface area contributed by atoms with Crippen LogP contribution < -0.4 is 0 Å². The van der Waals surface area contributed by atoms with E-state index in [2.05, 4.69) is 39.2 Å². The fraction of sp³-hybridized carbons (Fsp3) is 0.182. The van der Waals surface area contributed by atoms with Crippen LogP contribution in [0.5, 0.6) is 0 Å². The summed E-state index contributed by atoms with van der Waals surface area (Å²) in [5.41, 5.74) is 3.73. The Morgan fingerprint density at radius 1 is 1.07 bits per heavy atom. The summed E-state index contributed by atoms with van der Waals surface area (Å²) in [6.45, 7) is 3.31. The summed E-state index contributed by atoms with van der Waals surface area (Å²) < 4.78 is 21.0. The molecular weight excluding hydrogens is 355 g/mol. The maximum atomic E-state index is 13.4. The molecule has 2 heterocycles. The summed E-state index contributed by atoms with van der Waals surface area (Å²) in [5.74, 6) is 0.898. The number of hydrogen-bond donors (Lipinski definition) is 0. The zero-order chi connectivity index (χ0) is 19.5. The lowest BCUT2D eigenvalue weighted by Gasteiger charge is -2.15. The van der Waals surface area contributed by atoms with Crippen molar-refractivity contribution in [3.63, 3.8) is 0 Å². The Morgan fingerprint density at radius 3 is 2.61 bits per heavy atom. The van der Waals surface area contributed by atoms with E-state index in [-0.39, 0.29) is 5.82 Å². The molecule has 0 bridgehead atoms. The lowest BCUT2D eigenvalue weighted by Crippen LogP contribution is -2.18. The number of hydrogen-bond acceptors (Lipinski definition) is 4. The second kappa shape index (κ2) is 7.78. The highest BCUT2D eigenvalue weighted by molar-refractivity contribution is 5.53. The number of nitrogens with zero attached hydrogens (tertiary/aromatic N) is 4. The first-order chi connectivity index (χ1) is 13.6. The third-order valence-electron chi connectivity index (χ3n) is 4.54. The van der Waals surface area contributed by atoms with E-state index in [1.165, 1.54) is 17.7 Å². The molecule has 4 rings (SSSR count). The first kappa shape index (κ1) is 18.1. The average Bonchev–Trinajstić information content (AvgIpc) is 3.33. The van der Waals surface area contributed by atoms with Gasteiger partial charge in [-0.3, -0.25) is 4.90 Å². The van der Waals surface area contributed by atoms with Gasteiger partial charge in [0.1, 0.15) is 11.6 Å². The van der Waals surface area contributed by atoms with Crippen molar-refractivity contribution in [1.82, 2.24) is 19.7 Å². The van der Waals surface area contributed by atoms with Crippen molar-refractivity contribution in [3.05, 3.63) is 89.8 Å². The molecular formula is C22H21FN4O. The van der Waals surface area contributed by atoms with E-state index < -0.39 is 0 Å². The van der Waals surface area contributed by atoms with Crippen LogP contribution in [0.2, 0.25) is 0 Å². The standard InChI is InChI=1S/C22H21FN4O/c1-16-21(25-22(28-16)18-5-3-6-19(23)13-18)15-26(2)14-17-7-9-20(10-8-17)27-12-4-11-24-27/h3-13H,14-15H2,1-2H3. The van der Waals surface area contributed by atoms with Crippen LogP contribution in [0.1, 0.15) is 17.0 Å². The molecule has 0 N–H and O–H groups in total. The summed E-state index contributed by atoms with van der Waals surface area (Å²) >= 11 is 0. The SMILES string of the molecule is Cc1oc(-c2cccc(F)c2)nc1CN(C)Cc1ccc(-n2cccn2)cc1. The van der Waals surface area contributed by atoms with Crippen LogP contribution in [0.25, 0.3) is 17.1 Å². The van der Waals surface area contributed by atoms with Gasteiger partial charge in [0.25, 0.3) is 0 Å². The number of halogens is 1. The molecule has 142 valence electrons. The summed E-state index contributed by atoms with van der Waals surface area (Å²) in [7, 11) is 2.04. The molecule has 2 aromatic heterocycles. The van der Waals surface area contributed by atoms with E-state index in [0.29, 0.717) is 18.0 Å². The molecule has 0 radical (unpaired) electrons. The van der Waals surface area contributed by atoms with E-state index in [1.807, 2.05) is 30.9 Å². The van der Waals surface area contributed by atoms with Crippen LogP contribution >= 0.6 is 0 Å². The van der Waals surface area contributed by atoms with Crippen LogP contribution in [0.15, 0.2) is 71.4 Å². The predicted octanol–water partition coefficient (Wildman–Crippen LogP) is 4.61. The van der Waals surface area contributed by atoms with Gasteiger partial charge in [0.05, 0.1) is 11.4 Å². The Bertz CT molecular complexity index is 1050. The first-order valence-corrected chi connectivity index (χ1v) is 9.08. The second-order valence-electron chi connectivity index (χ2n) is 6.82. The highest BCUT2D eigenvalue weighted by Gasteiger charge is 2.14. The van der Waals surface area contributed by atoms with Gasteiger partial charge in [-0.1, -0.05) is 18.2 Å². The fourth-order valence-corrected chi connectivity index (χ4v) is 3.12. The van der Waals surface area contributed by atoms with Crippen molar-refractivity contribution in [1.29, 1.82) is 0 Å². The zero-order valence-electron chi connectivity index (χ0n) is 15.8. The molecule has 0 atom stereocenters. The summed E-state index contributed by atoms with van der Waals surface area (Å²) in [6.07, 6.45) is 3.69. The van der Waals surface area contributed by atoms with Gasteiger partial charge in [0.15, 0.2) is 0 Å². The quantitative estimate of drug-likeness (QED) is 0.493. The predicted molar refractivity (Wildman–Crippen MR) is 105 cm³/mol. The maximum absolute atomic E-state index is 13.4. The number of oxazole rings is 1. The van der Waals surface area contributed by atoms with Gasteiger partial charge in [0, 0.05) is 31.0 Å². The summed E-state index contributed by atoms with van der Waals surface area (Å²) in [4.78, 5) is 6.73. The Hall–Kier alpha value is -3.25. The van der Waals surface area contributed by atoms with E-state index in [1.54, 1.807) is 18.3 Å². The Balaban J connectivity index is 1.43. The first-order valence-electron chi connectivity index (χ1n) is 9.08. The summed E-state index contributed by atoms with van der Waals surface area (Å²) in [5, 5.41) is 4.24. The van der Waals surface area contributed by atoms with Gasteiger partial charge < -0.3 is 4.42 Å². The van der Waals surface area contributed by atoms with Gasteiger partial charge in [-0.15, -0.1) is 0 Å². The van der Waals surface area contributed by atoms with Gasteiger partial charge >= 0.3 is 0 Å². The molecule has 6 heteroatoms. The summed E-state index contributed by atoms with van der Waals surface area (Å²) in [6, 6.07) is 16.5. The normalized spacial score (nSPS) is 11.3. The largest absolute Gasteiger partial charge is 0.441 e. The molecule has 0 spiro atoms. The minimum absolute atomic E-state index is 0.300. The van der Waals surface area contributed by atoms with Gasteiger partial charge in [-0.25, -0.2) is 14.1 Å². The molecule has 0 aliphatic rings. The molecule has 0 fully saturated rings. The van der Waals surface area contributed by atoms with Crippen LogP contribution in [0.4, 0.5) is 4.39 Å². The van der Waals surface area contributed by atoms with Crippen LogP contribution in [-0.4, -0.2) is 26.7 Å². The minimum atomic E-state index is -0.300. The molecule has 0 saturated carbocycles. The minimum Gasteiger partial charge on any atom is -0.441 e. The van der Waals surface area contributed by atoms with Gasteiger partial charge in [0.2, 0.25) is 5.89 Å². The topological polar surface area (TPSA) is 47.1 Å². The lowest BCUT2D eigenvalue weighted by molar-refractivity contribution is 0.313. The number of benzene rings is 2. The van der Waals surface area contributed by atoms with Crippen molar-refractivity contribution < 1.29 is 8.81 Å². The van der Waals surface area contributed by atoms with Crippen molar-refractivity contribution in [2.45, 2.75) is 20.0 Å². The van der Waals surface area contributed by atoms with Crippen LogP contribution in [0.3, 0.4) is 0 Å². The van der Waals surface area contributed by atoms with Gasteiger partial charge in [-0.05, 0) is 55.9 Å². The average molecular weight is 376 g/mol. The van der Waals surface area contributed by atoms with E-state index >= 15 is 0 Å². The fourth-order valence-electron chi connectivity index (χ4n) is 3.12. The molecule has 0 aliphatic heterocycles. The van der Waals surface area contributed by atoms with Crippen LogP contribution in [0, 0.1) is 12.7 Å². The van der Waals surface area contributed by atoms with Crippen molar-refractivity contribution >= 4 is 0 Å². The van der Waals surface area contributed by atoms with Crippen molar-refractivity contribution in [2.24, 2.45) is 0 Å². The number of aryl methyl sites for hydroxylation is 1. The Labute approximate surface area is 163 Å². The van der Waals surface area contributed by atoms with Crippen molar-refractivity contribution in [3.8, 4) is 17.1 Å². The second-order valence-corrected chi connectivity index (χ2v) is 6.82. The number of rotatable bonds is 6. The van der Waals surface area contributed by atoms with E-state index in [0.717, 1.165) is 23.7 Å². The smallest absolute Gasteiger partial charge is 0.226 e. The molecule has 0 saturated heterocycles. The monoisotopic (exact) mass is 376 g/mol. The third-order valence-corrected chi connectivity index (χ3v) is 4.54. The third kappa shape index (κ3) is 4.02. The highest BCUT2D eigenvalue weighted by atomic mass is 19.1. The molecule has 4 aromatic rings. The van der Waals surface area contributed by atoms with E-state index in [9.17, 15) is 4.39 Å². The molecule has 5 nitrogen and oxygen atoms in total. The van der Waals surface area contributed by atoms with Crippen LogP contribution in [-0.2, 0) is 13.1 Å². The molecule has 28 heavy (non-hydrogen) atoms. The van der Waals surface area contributed by atoms with Gasteiger partial charge in [-0.2, -0.15) is 5.10 Å². The molecule has 0 aliphatic carbocycles. The zero-order valence-corrected chi connectivity index (χ0v) is 15.8. The van der Waals surface area contributed by atoms with E-state index in [4.69, 9.17) is 4.42 Å². The number of aromatic nitrogens is 3.